The first-order chi connectivity index (χ1) is 15.3. The molecule has 3 nitrogen and oxygen atoms in total. The van der Waals surface area contributed by atoms with E-state index in [1.807, 2.05) is 91.0 Å². The Kier molecular flexibility index (Phi) is 5.38. The molecule has 0 radical (unpaired) electrons. The fourth-order valence-corrected chi connectivity index (χ4v) is 3.97. The highest BCUT2D eigenvalue weighted by Gasteiger charge is 2.13. The van der Waals surface area contributed by atoms with E-state index in [-0.39, 0.29) is 0 Å². The second-order valence-electron chi connectivity index (χ2n) is 7.10. The van der Waals surface area contributed by atoms with E-state index < -0.39 is 0 Å². The average molecular weight is 464 g/mol. The predicted molar refractivity (Wildman–Crippen MR) is 129 cm³/mol. The van der Waals surface area contributed by atoms with Crippen molar-refractivity contribution in [3.05, 3.63) is 114 Å². The Morgan fingerprint density at radius 1 is 0.419 bits per heavy atom. The fraction of sp³-hybridized carbons (Fsp3) is 0. The molecule has 1 aromatic heterocycles. The fourth-order valence-electron chi connectivity index (χ4n) is 3.46. The van der Waals surface area contributed by atoms with E-state index in [0.29, 0.717) is 17.5 Å². The Hall–Kier alpha value is -3.63. The van der Waals surface area contributed by atoms with E-state index in [9.17, 15) is 0 Å². The molecule has 0 amide bonds. The molecule has 0 saturated carbocycles. The summed E-state index contributed by atoms with van der Waals surface area (Å²) in [6.07, 6.45) is 0. The van der Waals surface area contributed by atoms with Gasteiger partial charge in [-0.25, -0.2) is 15.0 Å². The van der Waals surface area contributed by atoms with Crippen LogP contribution in [-0.4, -0.2) is 15.0 Å². The van der Waals surface area contributed by atoms with Crippen LogP contribution >= 0.6 is 15.9 Å². The summed E-state index contributed by atoms with van der Waals surface area (Å²) in [4.78, 5) is 14.4. The number of benzene rings is 4. The zero-order chi connectivity index (χ0) is 21.0. The zero-order valence-corrected chi connectivity index (χ0v) is 18.2. The van der Waals surface area contributed by atoms with E-state index >= 15 is 0 Å². The summed E-state index contributed by atoms with van der Waals surface area (Å²) in [5.41, 5.74) is 5.11. The zero-order valence-electron chi connectivity index (χ0n) is 16.6. The van der Waals surface area contributed by atoms with Crippen LogP contribution in [0, 0.1) is 0 Å². The lowest BCUT2D eigenvalue weighted by atomic mass is 10.0. The molecule has 5 aromatic rings. The highest BCUT2D eigenvalue weighted by molar-refractivity contribution is 9.10. The molecule has 0 spiro atoms. The van der Waals surface area contributed by atoms with Gasteiger partial charge in [-0.2, -0.15) is 0 Å². The Bertz CT molecular complexity index is 1280. The van der Waals surface area contributed by atoms with Crippen molar-refractivity contribution in [3.8, 4) is 45.3 Å². The van der Waals surface area contributed by atoms with Crippen molar-refractivity contribution < 1.29 is 0 Å². The molecule has 0 saturated heterocycles. The number of hydrogen-bond donors (Lipinski definition) is 0. The summed E-state index contributed by atoms with van der Waals surface area (Å²) in [5, 5.41) is 0. The predicted octanol–water partition coefficient (Wildman–Crippen LogP) is 7.30. The third-order valence-corrected chi connectivity index (χ3v) is 5.70. The van der Waals surface area contributed by atoms with E-state index in [0.717, 1.165) is 32.3 Å². The van der Waals surface area contributed by atoms with Gasteiger partial charge < -0.3 is 0 Å². The van der Waals surface area contributed by atoms with Gasteiger partial charge in [0.15, 0.2) is 17.5 Å². The van der Waals surface area contributed by atoms with Crippen molar-refractivity contribution in [1.29, 1.82) is 0 Å². The maximum Gasteiger partial charge on any atom is 0.164 e. The van der Waals surface area contributed by atoms with Gasteiger partial charge in [-0.15, -0.1) is 0 Å². The third kappa shape index (κ3) is 4.16. The molecule has 5 rings (SSSR count). The molecule has 0 aliphatic heterocycles. The van der Waals surface area contributed by atoms with E-state index in [2.05, 4.69) is 34.1 Å². The number of hydrogen-bond acceptors (Lipinski definition) is 3. The quantitative estimate of drug-likeness (QED) is 0.280. The first kappa shape index (κ1) is 19.3. The largest absolute Gasteiger partial charge is 0.208 e. The number of rotatable bonds is 4. The Morgan fingerprint density at radius 3 is 1.45 bits per heavy atom. The average Bonchev–Trinajstić information content (AvgIpc) is 2.85. The maximum atomic E-state index is 4.82. The van der Waals surface area contributed by atoms with Gasteiger partial charge in [0.2, 0.25) is 0 Å². The second kappa shape index (κ2) is 8.62. The van der Waals surface area contributed by atoms with Gasteiger partial charge in [-0.05, 0) is 23.3 Å². The molecule has 0 bridgehead atoms. The van der Waals surface area contributed by atoms with Crippen molar-refractivity contribution >= 4 is 15.9 Å². The van der Waals surface area contributed by atoms with Crippen molar-refractivity contribution in [1.82, 2.24) is 15.0 Å². The molecule has 4 heteroatoms. The molecule has 0 aliphatic carbocycles. The molecule has 0 unspecified atom stereocenters. The van der Waals surface area contributed by atoms with Crippen LogP contribution in [0.2, 0.25) is 0 Å². The molecule has 1 heterocycles. The van der Waals surface area contributed by atoms with Crippen molar-refractivity contribution in [2.75, 3.05) is 0 Å². The van der Waals surface area contributed by atoms with Crippen LogP contribution in [0.25, 0.3) is 45.3 Å². The van der Waals surface area contributed by atoms with Crippen molar-refractivity contribution in [3.63, 3.8) is 0 Å². The summed E-state index contributed by atoms with van der Waals surface area (Å²) in [5.74, 6) is 1.98. The number of nitrogens with zero attached hydrogens (tertiary/aromatic N) is 3. The molecule has 0 fully saturated rings. The van der Waals surface area contributed by atoms with Crippen LogP contribution in [0.4, 0.5) is 0 Å². The van der Waals surface area contributed by atoms with Crippen molar-refractivity contribution in [2.45, 2.75) is 0 Å². The van der Waals surface area contributed by atoms with Crippen LogP contribution in [0.1, 0.15) is 0 Å². The Labute approximate surface area is 189 Å². The lowest BCUT2D eigenvalue weighted by Crippen LogP contribution is -2.00. The normalized spacial score (nSPS) is 10.7. The van der Waals surface area contributed by atoms with E-state index in [1.165, 1.54) is 0 Å². The maximum absolute atomic E-state index is 4.82. The molecule has 0 aliphatic rings. The third-order valence-electron chi connectivity index (χ3n) is 5.01. The first-order valence-electron chi connectivity index (χ1n) is 10.0. The van der Waals surface area contributed by atoms with E-state index in [1.54, 1.807) is 0 Å². The van der Waals surface area contributed by atoms with Gasteiger partial charge in [0, 0.05) is 21.2 Å². The smallest absolute Gasteiger partial charge is 0.164 e. The number of halogens is 1. The lowest BCUT2D eigenvalue weighted by Gasteiger charge is -2.10. The standard InChI is InChI=1S/C27H18BrN3/c28-24-17-8-7-16-23(24)21-14-9-15-22(18-21)27-30-25(19-10-3-1-4-11-19)29-26(31-27)20-12-5-2-6-13-20/h1-18H. The van der Waals surface area contributed by atoms with Crippen LogP contribution in [0.15, 0.2) is 114 Å². The minimum atomic E-state index is 0.654. The van der Waals surface area contributed by atoms with Gasteiger partial charge >= 0.3 is 0 Å². The highest BCUT2D eigenvalue weighted by Crippen LogP contribution is 2.31. The van der Waals surface area contributed by atoms with Gasteiger partial charge in [0.05, 0.1) is 0 Å². The molecule has 0 N–H and O–H groups in total. The Morgan fingerprint density at radius 2 is 0.871 bits per heavy atom. The monoisotopic (exact) mass is 463 g/mol. The first-order valence-corrected chi connectivity index (χ1v) is 10.8. The van der Waals surface area contributed by atoms with Gasteiger partial charge in [0.1, 0.15) is 0 Å². The molecular weight excluding hydrogens is 446 g/mol. The molecule has 148 valence electrons. The van der Waals surface area contributed by atoms with Crippen LogP contribution < -0.4 is 0 Å². The molecular formula is C27H18BrN3. The van der Waals surface area contributed by atoms with E-state index in [4.69, 9.17) is 15.0 Å². The van der Waals surface area contributed by atoms with Gasteiger partial charge in [-0.3, -0.25) is 0 Å². The number of aromatic nitrogens is 3. The Balaban J connectivity index is 1.67. The van der Waals surface area contributed by atoms with Gasteiger partial charge in [0.25, 0.3) is 0 Å². The molecule has 0 atom stereocenters. The van der Waals surface area contributed by atoms with Crippen LogP contribution in [0.3, 0.4) is 0 Å². The van der Waals surface area contributed by atoms with Gasteiger partial charge in [-0.1, -0.05) is 113 Å². The summed E-state index contributed by atoms with van der Waals surface area (Å²) in [6, 6.07) is 36.5. The second-order valence-corrected chi connectivity index (χ2v) is 7.95. The summed E-state index contributed by atoms with van der Waals surface area (Å²) in [7, 11) is 0. The lowest BCUT2D eigenvalue weighted by molar-refractivity contribution is 1.07. The topological polar surface area (TPSA) is 38.7 Å². The summed E-state index contributed by atoms with van der Waals surface area (Å²) in [6.45, 7) is 0. The SMILES string of the molecule is Brc1ccccc1-c1cccc(-c2nc(-c3ccccc3)nc(-c3ccccc3)n2)c1. The van der Waals surface area contributed by atoms with Crippen LogP contribution in [0.5, 0.6) is 0 Å². The summed E-state index contributed by atoms with van der Waals surface area (Å²) >= 11 is 3.66. The molecule has 4 aromatic carbocycles. The minimum Gasteiger partial charge on any atom is -0.208 e. The highest BCUT2D eigenvalue weighted by atomic mass is 79.9. The molecule has 31 heavy (non-hydrogen) atoms. The van der Waals surface area contributed by atoms with Crippen LogP contribution in [-0.2, 0) is 0 Å². The summed E-state index contributed by atoms with van der Waals surface area (Å²) < 4.78 is 1.05. The van der Waals surface area contributed by atoms with Crippen molar-refractivity contribution in [2.24, 2.45) is 0 Å². The minimum absolute atomic E-state index is 0.654.